The van der Waals surface area contributed by atoms with Crippen molar-refractivity contribution < 1.29 is 27.8 Å². The fourth-order valence-electron chi connectivity index (χ4n) is 2.50. The lowest BCUT2D eigenvalue weighted by atomic mass is 9.94. The zero-order valence-corrected chi connectivity index (χ0v) is 11.7. The van der Waals surface area contributed by atoms with Crippen LogP contribution in [0.4, 0.5) is 13.2 Å². The topological polar surface area (TPSA) is 46.5 Å². The Morgan fingerprint density at radius 2 is 1.74 bits per heavy atom. The van der Waals surface area contributed by atoms with Crippen molar-refractivity contribution in [2.75, 3.05) is 0 Å². The number of halogens is 3. The maximum absolute atomic E-state index is 13.0. The van der Waals surface area contributed by atoms with Gasteiger partial charge in [-0.15, -0.1) is 0 Å². The zero-order valence-electron chi connectivity index (χ0n) is 11.7. The second-order valence-electron chi connectivity index (χ2n) is 5.03. The Hall–Kier alpha value is -2.76. The molecule has 2 aromatic carbocycles. The molecule has 0 aliphatic carbocycles. The molecular formula is C17H11F3O3. The molecule has 0 bridgehead atoms. The number of benzene rings is 2. The molecule has 3 rings (SSSR count). The third-order valence-corrected chi connectivity index (χ3v) is 3.52. The van der Waals surface area contributed by atoms with E-state index in [0.717, 1.165) is 11.6 Å². The molecule has 1 aliphatic rings. The van der Waals surface area contributed by atoms with Crippen LogP contribution in [0.2, 0.25) is 0 Å². The minimum atomic E-state index is -4.80. The summed E-state index contributed by atoms with van der Waals surface area (Å²) in [6.45, 7) is 0. The summed E-state index contributed by atoms with van der Waals surface area (Å²) in [4.78, 5) is 11.2. The van der Waals surface area contributed by atoms with Gasteiger partial charge in [0.25, 0.3) is 0 Å². The van der Waals surface area contributed by atoms with Crippen molar-refractivity contribution in [3.8, 4) is 16.9 Å². The summed E-state index contributed by atoms with van der Waals surface area (Å²) in [7, 11) is 0. The molecule has 0 fully saturated rings. The molecule has 0 saturated heterocycles. The van der Waals surface area contributed by atoms with Crippen molar-refractivity contribution in [1.82, 2.24) is 0 Å². The van der Waals surface area contributed by atoms with Crippen LogP contribution in [0.3, 0.4) is 0 Å². The molecule has 3 nitrogen and oxygen atoms in total. The van der Waals surface area contributed by atoms with E-state index in [1.165, 1.54) is 6.07 Å². The van der Waals surface area contributed by atoms with E-state index >= 15 is 0 Å². The fraction of sp³-hybridized carbons (Fsp3) is 0.118. The highest BCUT2D eigenvalue weighted by molar-refractivity contribution is 5.97. The molecule has 6 heteroatoms. The Morgan fingerprint density at radius 3 is 2.35 bits per heavy atom. The minimum Gasteiger partial charge on any atom is -0.478 e. The average Bonchev–Trinajstić information content (AvgIpc) is 2.53. The molecule has 1 unspecified atom stereocenters. The number of aliphatic carboxylic acids is 1. The number of carboxylic acids is 1. The first-order valence-corrected chi connectivity index (χ1v) is 6.74. The number of carboxylic acid groups (broad SMARTS) is 1. The van der Waals surface area contributed by atoms with E-state index in [2.05, 4.69) is 0 Å². The second kappa shape index (κ2) is 5.46. The first-order chi connectivity index (χ1) is 10.9. The highest BCUT2D eigenvalue weighted by Gasteiger charge is 2.48. The van der Waals surface area contributed by atoms with E-state index in [1.807, 2.05) is 6.07 Å². The van der Waals surface area contributed by atoms with Gasteiger partial charge in [-0.05, 0) is 23.3 Å². The summed E-state index contributed by atoms with van der Waals surface area (Å²) in [5.74, 6) is -1.64. The van der Waals surface area contributed by atoms with Crippen molar-refractivity contribution in [3.05, 3.63) is 59.7 Å². The van der Waals surface area contributed by atoms with Crippen LogP contribution in [-0.2, 0) is 4.79 Å². The number of alkyl halides is 3. The van der Waals surface area contributed by atoms with Crippen molar-refractivity contribution in [1.29, 1.82) is 0 Å². The third-order valence-electron chi connectivity index (χ3n) is 3.52. The van der Waals surface area contributed by atoms with Gasteiger partial charge in [-0.1, -0.05) is 42.5 Å². The number of hydrogen-bond donors (Lipinski definition) is 1. The summed E-state index contributed by atoms with van der Waals surface area (Å²) in [6.07, 6.45) is -6.23. The normalized spacial score (nSPS) is 17.0. The van der Waals surface area contributed by atoms with Crippen LogP contribution in [0.15, 0.2) is 54.1 Å². The summed E-state index contributed by atoms with van der Waals surface area (Å²) in [5.41, 5.74) is 0.881. The number of hydrogen-bond acceptors (Lipinski definition) is 2. The van der Waals surface area contributed by atoms with Crippen LogP contribution < -0.4 is 4.74 Å². The Bertz CT molecular complexity index is 779. The Kier molecular flexibility index (Phi) is 3.60. The van der Waals surface area contributed by atoms with Crippen molar-refractivity contribution >= 4 is 12.0 Å². The van der Waals surface area contributed by atoms with Gasteiger partial charge in [-0.2, -0.15) is 13.2 Å². The lowest BCUT2D eigenvalue weighted by molar-refractivity contribution is -0.187. The lowest BCUT2D eigenvalue weighted by Crippen LogP contribution is -2.40. The SMILES string of the molecule is O=C(O)C1=Cc2c(cccc2-c2ccccc2)OC1C(F)(F)F. The van der Waals surface area contributed by atoms with Crippen LogP contribution in [0.25, 0.3) is 17.2 Å². The number of fused-ring (bicyclic) bond motifs is 1. The van der Waals surface area contributed by atoms with E-state index < -0.39 is 23.8 Å². The first kappa shape index (κ1) is 15.1. The van der Waals surface area contributed by atoms with Crippen molar-refractivity contribution in [3.63, 3.8) is 0 Å². The summed E-state index contributed by atoms with van der Waals surface area (Å²) >= 11 is 0. The zero-order chi connectivity index (χ0) is 16.6. The van der Waals surface area contributed by atoms with Gasteiger partial charge in [0.15, 0.2) is 0 Å². The van der Waals surface area contributed by atoms with E-state index in [1.54, 1.807) is 36.4 Å². The van der Waals surface area contributed by atoms with Crippen molar-refractivity contribution in [2.45, 2.75) is 12.3 Å². The van der Waals surface area contributed by atoms with E-state index in [-0.39, 0.29) is 5.75 Å². The van der Waals surface area contributed by atoms with E-state index in [0.29, 0.717) is 11.1 Å². The minimum absolute atomic E-state index is 0.0127. The Morgan fingerprint density at radius 1 is 1.04 bits per heavy atom. The van der Waals surface area contributed by atoms with Gasteiger partial charge in [0.05, 0.1) is 5.57 Å². The smallest absolute Gasteiger partial charge is 0.430 e. The average molecular weight is 320 g/mol. The molecule has 0 radical (unpaired) electrons. The van der Waals surface area contributed by atoms with Gasteiger partial charge >= 0.3 is 12.1 Å². The van der Waals surface area contributed by atoms with Gasteiger partial charge < -0.3 is 9.84 Å². The van der Waals surface area contributed by atoms with Gasteiger partial charge in [0.1, 0.15) is 5.75 Å². The van der Waals surface area contributed by atoms with Crippen LogP contribution >= 0.6 is 0 Å². The predicted molar refractivity (Wildman–Crippen MR) is 78.0 cm³/mol. The predicted octanol–water partition coefficient (Wildman–Crippen LogP) is 4.14. The molecule has 1 aliphatic heterocycles. The maximum Gasteiger partial charge on any atom is 0.430 e. The Balaban J connectivity index is 2.18. The fourth-order valence-corrected chi connectivity index (χ4v) is 2.50. The molecule has 0 amide bonds. The second-order valence-corrected chi connectivity index (χ2v) is 5.03. The molecule has 23 heavy (non-hydrogen) atoms. The van der Waals surface area contributed by atoms with Gasteiger partial charge in [0.2, 0.25) is 6.10 Å². The molecule has 1 heterocycles. The molecule has 0 aromatic heterocycles. The first-order valence-electron chi connectivity index (χ1n) is 6.74. The maximum atomic E-state index is 13.0. The highest BCUT2D eigenvalue weighted by Crippen LogP contribution is 2.41. The van der Waals surface area contributed by atoms with Gasteiger partial charge in [0, 0.05) is 5.56 Å². The summed E-state index contributed by atoms with van der Waals surface area (Å²) in [5, 5.41) is 9.11. The quantitative estimate of drug-likeness (QED) is 0.904. The van der Waals surface area contributed by atoms with Crippen LogP contribution in [0, 0.1) is 0 Å². The monoisotopic (exact) mass is 320 g/mol. The molecule has 0 saturated carbocycles. The third kappa shape index (κ3) is 2.79. The van der Waals surface area contributed by atoms with Crippen LogP contribution in [0.5, 0.6) is 5.75 Å². The van der Waals surface area contributed by atoms with Gasteiger partial charge in [-0.25, -0.2) is 4.79 Å². The van der Waals surface area contributed by atoms with Crippen LogP contribution in [-0.4, -0.2) is 23.4 Å². The molecule has 1 atom stereocenters. The largest absolute Gasteiger partial charge is 0.478 e. The summed E-state index contributed by atoms with van der Waals surface area (Å²) < 4.78 is 44.1. The molecule has 1 N–H and O–H groups in total. The Labute approximate surface area is 129 Å². The van der Waals surface area contributed by atoms with Gasteiger partial charge in [-0.3, -0.25) is 0 Å². The number of rotatable bonds is 2. The van der Waals surface area contributed by atoms with Crippen LogP contribution in [0.1, 0.15) is 5.56 Å². The number of ether oxygens (including phenoxy) is 1. The molecule has 0 spiro atoms. The van der Waals surface area contributed by atoms with E-state index in [4.69, 9.17) is 9.84 Å². The standard InChI is InChI=1S/C17H11F3O3/c18-17(19,20)15-13(16(21)22)9-12-11(7-4-8-14(12)23-15)10-5-2-1-3-6-10/h1-9,15H,(H,21,22). The summed E-state index contributed by atoms with van der Waals surface area (Å²) in [6, 6.07) is 13.7. The lowest BCUT2D eigenvalue weighted by Gasteiger charge is -2.28. The highest BCUT2D eigenvalue weighted by atomic mass is 19.4. The molecular weight excluding hydrogens is 309 g/mol. The van der Waals surface area contributed by atoms with Crippen molar-refractivity contribution in [2.24, 2.45) is 0 Å². The van der Waals surface area contributed by atoms with E-state index in [9.17, 15) is 18.0 Å². The molecule has 2 aromatic rings. The number of carbonyl (C=O) groups is 1. The molecule has 118 valence electrons.